The van der Waals surface area contributed by atoms with Crippen molar-refractivity contribution < 1.29 is 4.74 Å². The summed E-state index contributed by atoms with van der Waals surface area (Å²) in [6.45, 7) is 2.75. The van der Waals surface area contributed by atoms with Crippen LogP contribution in [0.25, 0.3) is 10.9 Å². The number of benzene rings is 1. The molecule has 0 fully saturated rings. The molecule has 0 aliphatic carbocycles. The Bertz CT molecular complexity index is 809. The zero-order chi connectivity index (χ0) is 14.8. The smallest absolute Gasteiger partial charge is 0.230 e. The van der Waals surface area contributed by atoms with Crippen molar-refractivity contribution in [3.8, 4) is 11.6 Å². The van der Waals surface area contributed by atoms with Gasteiger partial charge in [0.15, 0.2) is 5.75 Å². The number of nitrogens with zero attached hydrogens (tertiary/aromatic N) is 3. The van der Waals surface area contributed by atoms with E-state index in [1.165, 1.54) is 0 Å². The SMILES string of the molecule is CCn1cc(Oc2nc3ccccc3cc2C(=N)N)cn1. The molecule has 0 radical (unpaired) electrons. The first-order valence-corrected chi connectivity index (χ1v) is 6.62. The average Bonchev–Trinajstić information content (AvgIpc) is 2.94. The molecule has 0 amide bonds. The van der Waals surface area contributed by atoms with Gasteiger partial charge in [-0.3, -0.25) is 10.1 Å². The van der Waals surface area contributed by atoms with Gasteiger partial charge in [0, 0.05) is 11.9 Å². The van der Waals surface area contributed by atoms with Crippen LogP contribution in [0.1, 0.15) is 12.5 Å². The molecule has 0 aliphatic rings. The average molecular weight is 281 g/mol. The Balaban J connectivity index is 2.06. The number of fused-ring (bicyclic) bond motifs is 1. The number of ether oxygens (including phenoxy) is 1. The summed E-state index contributed by atoms with van der Waals surface area (Å²) in [4.78, 5) is 4.45. The highest BCUT2D eigenvalue weighted by Gasteiger charge is 2.12. The number of nitrogens with two attached hydrogens (primary N) is 1. The maximum Gasteiger partial charge on any atom is 0.230 e. The Labute approximate surface area is 121 Å². The van der Waals surface area contributed by atoms with Gasteiger partial charge >= 0.3 is 0 Å². The van der Waals surface area contributed by atoms with E-state index in [0.29, 0.717) is 17.2 Å². The monoisotopic (exact) mass is 281 g/mol. The number of hydrogen-bond donors (Lipinski definition) is 2. The van der Waals surface area contributed by atoms with Gasteiger partial charge in [-0.1, -0.05) is 18.2 Å². The number of hydrogen-bond acceptors (Lipinski definition) is 4. The molecule has 0 aliphatic heterocycles. The predicted molar refractivity (Wildman–Crippen MR) is 80.7 cm³/mol. The van der Waals surface area contributed by atoms with E-state index in [9.17, 15) is 0 Å². The van der Waals surface area contributed by atoms with Crippen LogP contribution in [0.15, 0.2) is 42.7 Å². The van der Waals surface area contributed by atoms with Gasteiger partial charge in [0.1, 0.15) is 5.84 Å². The third-order valence-corrected chi connectivity index (χ3v) is 3.13. The number of nitrogen functional groups attached to an aromatic ring is 1. The molecule has 2 aromatic heterocycles. The molecule has 0 spiro atoms. The van der Waals surface area contributed by atoms with E-state index < -0.39 is 0 Å². The van der Waals surface area contributed by atoms with Crippen molar-refractivity contribution in [3.63, 3.8) is 0 Å². The summed E-state index contributed by atoms with van der Waals surface area (Å²) in [5.74, 6) is 0.810. The third kappa shape index (κ3) is 2.55. The minimum absolute atomic E-state index is 0.0777. The van der Waals surface area contributed by atoms with Gasteiger partial charge in [0.05, 0.1) is 23.5 Å². The molecule has 6 nitrogen and oxygen atoms in total. The van der Waals surface area contributed by atoms with Crippen molar-refractivity contribution in [3.05, 3.63) is 48.3 Å². The third-order valence-electron chi connectivity index (χ3n) is 3.13. The predicted octanol–water partition coefficient (Wildman–Crippen LogP) is 2.53. The van der Waals surface area contributed by atoms with E-state index >= 15 is 0 Å². The van der Waals surface area contributed by atoms with Crippen LogP contribution in [0, 0.1) is 5.41 Å². The normalized spacial score (nSPS) is 10.7. The van der Waals surface area contributed by atoms with Gasteiger partial charge in [-0.05, 0) is 19.1 Å². The lowest BCUT2D eigenvalue weighted by atomic mass is 10.1. The number of aryl methyl sites for hydroxylation is 1. The summed E-state index contributed by atoms with van der Waals surface area (Å²) >= 11 is 0. The maximum atomic E-state index is 7.70. The van der Waals surface area contributed by atoms with Gasteiger partial charge in [0.2, 0.25) is 5.88 Å². The van der Waals surface area contributed by atoms with E-state index in [0.717, 1.165) is 17.4 Å². The number of nitrogens with one attached hydrogen (secondary N) is 1. The second-order valence-electron chi connectivity index (χ2n) is 4.58. The lowest BCUT2D eigenvalue weighted by molar-refractivity contribution is 0.462. The molecule has 3 rings (SSSR count). The minimum Gasteiger partial charge on any atom is -0.435 e. The summed E-state index contributed by atoms with van der Waals surface area (Å²) in [5.41, 5.74) is 6.90. The van der Waals surface area contributed by atoms with Gasteiger partial charge in [-0.15, -0.1) is 0 Å². The lowest BCUT2D eigenvalue weighted by Gasteiger charge is -2.09. The molecule has 21 heavy (non-hydrogen) atoms. The highest BCUT2D eigenvalue weighted by molar-refractivity contribution is 6.00. The van der Waals surface area contributed by atoms with Gasteiger partial charge in [0.25, 0.3) is 0 Å². The first kappa shape index (κ1) is 13.1. The van der Waals surface area contributed by atoms with Gasteiger partial charge in [-0.25, -0.2) is 4.98 Å². The Morgan fingerprint density at radius 3 is 2.90 bits per heavy atom. The Morgan fingerprint density at radius 2 is 2.19 bits per heavy atom. The fraction of sp³-hybridized carbons (Fsp3) is 0.133. The van der Waals surface area contributed by atoms with Crippen molar-refractivity contribution in [2.24, 2.45) is 5.73 Å². The molecule has 2 heterocycles. The molecule has 0 saturated heterocycles. The fourth-order valence-corrected chi connectivity index (χ4v) is 2.05. The Hall–Kier alpha value is -2.89. The van der Waals surface area contributed by atoms with Crippen molar-refractivity contribution in [2.45, 2.75) is 13.5 Å². The van der Waals surface area contributed by atoms with Crippen molar-refractivity contribution in [1.82, 2.24) is 14.8 Å². The van der Waals surface area contributed by atoms with Crippen LogP contribution in [0.2, 0.25) is 0 Å². The summed E-state index contributed by atoms with van der Waals surface area (Å²) in [6, 6.07) is 9.45. The molecule has 3 aromatic rings. The van der Waals surface area contributed by atoms with Crippen molar-refractivity contribution >= 4 is 16.7 Å². The number of aromatic nitrogens is 3. The number of rotatable bonds is 4. The van der Waals surface area contributed by atoms with E-state index in [1.54, 1.807) is 17.1 Å². The molecule has 106 valence electrons. The van der Waals surface area contributed by atoms with Crippen LogP contribution >= 0.6 is 0 Å². The molecule has 0 unspecified atom stereocenters. The molecule has 0 atom stereocenters. The highest BCUT2D eigenvalue weighted by Crippen LogP contribution is 2.26. The van der Waals surface area contributed by atoms with E-state index in [1.807, 2.05) is 37.3 Å². The number of pyridine rings is 1. The van der Waals surface area contributed by atoms with Gasteiger partial charge in [-0.2, -0.15) is 5.10 Å². The molecule has 0 saturated carbocycles. The topological polar surface area (TPSA) is 89.8 Å². The number of para-hydroxylation sites is 1. The fourth-order valence-electron chi connectivity index (χ4n) is 2.05. The molecule has 0 bridgehead atoms. The summed E-state index contributed by atoms with van der Waals surface area (Å²) < 4.78 is 7.50. The summed E-state index contributed by atoms with van der Waals surface area (Å²) in [5, 5.41) is 12.8. The molecule has 3 N–H and O–H groups in total. The Kier molecular flexibility index (Phi) is 3.27. The number of amidine groups is 1. The van der Waals surface area contributed by atoms with E-state index in [4.69, 9.17) is 15.9 Å². The van der Waals surface area contributed by atoms with Crippen LogP contribution in [-0.4, -0.2) is 20.6 Å². The second kappa shape index (κ2) is 5.24. The van der Waals surface area contributed by atoms with Crippen LogP contribution in [0.5, 0.6) is 11.6 Å². The summed E-state index contributed by atoms with van der Waals surface area (Å²) in [6.07, 6.45) is 3.39. The minimum atomic E-state index is -0.0777. The quantitative estimate of drug-likeness (QED) is 0.568. The molecule has 6 heteroatoms. The van der Waals surface area contributed by atoms with Crippen LogP contribution < -0.4 is 10.5 Å². The summed E-state index contributed by atoms with van der Waals surface area (Å²) in [7, 11) is 0. The second-order valence-corrected chi connectivity index (χ2v) is 4.58. The van der Waals surface area contributed by atoms with Gasteiger partial charge < -0.3 is 10.5 Å². The van der Waals surface area contributed by atoms with Crippen molar-refractivity contribution in [2.75, 3.05) is 0 Å². The largest absolute Gasteiger partial charge is 0.435 e. The molecule has 1 aromatic carbocycles. The van der Waals surface area contributed by atoms with Crippen LogP contribution in [-0.2, 0) is 6.54 Å². The molecular weight excluding hydrogens is 266 g/mol. The highest BCUT2D eigenvalue weighted by atomic mass is 16.5. The van der Waals surface area contributed by atoms with Crippen LogP contribution in [0.4, 0.5) is 0 Å². The lowest BCUT2D eigenvalue weighted by Crippen LogP contribution is -2.13. The molecular formula is C15H15N5O. The van der Waals surface area contributed by atoms with Crippen LogP contribution in [0.3, 0.4) is 0 Å². The standard InChI is InChI=1S/C15H15N5O/c1-2-20-9-11(8-18-20)21-15-12(14(16)17)7-10-5-3-4-6-13(10)19-15/h3-9H,2H2,1H3,(H3,16,17). The first-order chi connectivity index (χ1) is 10.2. The first-order valence-electron chi connectivity index (χ1n) is 6.62. The maximum absolute atomic E-state index is 7.70. The van der Waals surface area contributed by atoms with E-state index in [-0.39, 0.29) is 5.84 Å². The zero-order valence-corrected chi connectivity index (χ0v) is 11.6. The zero-order valence-electron chi connectivity index (χ0n) is 11.6. The van der Waals surface area contributed by atoms with Crippen molar-refractivity contribution in [1.29, 1.82) is 5.41 Å². The van der Waals surface area contributed by atoms with E-state index in [2.05, 4.69) is 10.1 Å². The Morgan fingerprint density at radius 1 is 1.38 bits per heavy atom.